The fourth-order valence-corrected chi connectivity index (χ4v) is 19.5. The Balaban J connectivity index is 0.947. The first-order valence-electron chi connectivity index (χ1n) is 52.6. The third-order valence-corrected chi connectivity index (χ3v) is 28.0. The largest absolute Gasteiger partial charge is 0.394 e. The van der Waals surface area contributed by atoms with Crippen molar-refractivity contribution in [3.63, 3.8) is 0 Å². The molecule has 0 aromatic carbocycles. The Morgan fingerprint density at radius 2 is 0.552 bits per heavy atom. The van der Waals surface area contributed by atoms with Crippen LogP contribution in [0.5, 0.6) is 0 Å². The maximum absolute atomic E-state index is 13.7. The summed E-state index contributed by atoms with van der Waals surface area (Å²) in [5.41, 5.74) is 0. The summed E-state index contributed by atoms with van der Waals surface area (Å²) in [5, 5.41) is 270. The van der Waals surface area contributed by atoms with Crippen molar-refractivity contribution >= 4 is 23.6 Å². The Morgan fingerprint density at radius 3 is 0.910 bits per heavy atom. The van der Waals surface area contributed by atoms with Crippen molar-refractivity contribution in [2.75, 3.05) is 59.5 Å². The summed E-state index contributed by atoms with van der Waals surface area (Å²) in [4.78, 5) is 53.1. The van der Waals surface area contributed by atoms with E-state index in [4.69, 9.17) is 75.8 Å². The minimum absolute atomic E-state index is 0.138. The fraction of sp³-hybridized carbons (Fsp3) is 0.918. The van der Waals surface area contributed by atoms with Crippen LogP contribution in [0.3, 0.4) is 0 Å². The zero-order valence-corrected chi connectivity index (χ0v) is 84.4. The van der Waals surface area contributed by atoms with Crippen LogP contribution in [0, 0.1) is 0 Å². The molecule has 0 aromatic rings. The summed E-state index contributed by atoms with van der Waals surface area (Å²) in [6.45, 7) is -1.57. The fourth-order valence-electron chi connectivity index (χ4n) is 19.5. The van der Waals surface area contributed by atoms with Gasteiger partial charge in [-0.05, 0) is 44.9 Å². The number of hydrogen-bond donors (Lipinski definition) is 27. The highest BCUT2D eigenvalue weighted by molar-refractivity contribution is 5.76. The van der Waals surface area contributed by atoms with Gasteiger partial charge in [0.2, 0.25) is 23.6 Å². The molecule has 47 nitrogen and oxygen atoms in total. The molecule has 8 rings (SSSR count). The van der Waals surface area contributed by atoms with Gasteiger partial charge in [0.1, 0.15) is 195 Å². The van der Waals surface area contributed by atoms with Gasteiger partial charge in [-0.2, -0.15) is 0 Å². The molecule has 0 bridgehead atoms. The second-order valence-electron chi connectivity index (χ2n) is 39.5. The lowest BCUT2D eigenvalue weighted by Gasteiger charge is -2.51. The van der Waals surface area contributed by atoms with Crippen LogP contribution in [0.1, 0.15) is 253 Å². The average molecular weight is 2100 g/mol. The minimum Gasteiger partial charge on any atom is -0.394 e. The molecule has 8 aliphatic heterocycles. The normalized spacial score (nSPS) is 37.9. The van der Waals surface area contributed by atoms with E-state index in [1.807, 2.05) is 6.08 Å². The van der Waals surface area contributed by atoms with Gasteiger partial charge in [0, 0.05) is 27.2 Å². The minimum atomic E-state index is -2.48. The molecule has 42 atom stereocenters. The van der Waals surface area contributed by atoms with Gasteiger partial charge in [-0.15, -0.1) is 0 Å². The number of carbonyl (C=O) groups excluding carboxylic acids is 4. The van der Waals surface area contributed by atoms with E-state index in [1.165, 1.54) is 135 Å². The summed E-state index contributed by atoms with van der Waals surface area (Å²) in [5.74, 6) is -3.15. The quantitative estimate of drug-likeness (QED) is 0.0206. The molecular weight excluding hydrogens is 1920 g/mol. The van der Waals surface area contributed by atoms with Crippen molar-refractivity contribution in [3.05, 3.63) is 24.3 Å². The Bertz CT molecular complexity index is 3600. The third kappa shape index (κ3) is 38.1. The smallest absolute Gasteiger partial charge is 0.220 e. The van der Waals surface area contributed by atoms with E-state index in [-0.39, 0.29) is 12.3 Å². The summed E-state index contributed by atoms with van der Waals surface area (Å²) >= 11 is 0. The van der Waals surface area contributed by atoms with E-state index in [9.17, 15) is 137 Å². The zero-order valence-electron chi connectivity index (χ0n) is 84.4. The first kappa shape index (κ1) is 126. The number of allylic oxidation sites excluding steroid dienone is 3. The van der Waals surface area contributed by atoms with Crippen LogP contribution in [0.25, 0.3) is 0 Å². The maximum atomic E-state index is 13.7. The van der Waals surface area contributed by atoms with Crippen LogP contribution in [0.15, 0.2) is 24.3 Å². The number of aliphatic hydroxyl groups is 23. The highest BCUT2D eigenvalue weighted by Gasteiger charge is 2.61. The van der Waals surface area contributed by atoms with Crippen LogP contribution in [-0.4, -0.2) is 458 Å². The van der Waals surface area contributed by atoms with Gasteiger partial charge in [-0.1, -0.05) is 205 Å². The van der Waals surface area contributed by atoms with E-state index in [2.05, 4.69) is 47.3 Å². The number of unbranched alkanes of at least 4 members (excludes halogenated alkanes) is 30. The molecule has 0 radical (unpaired) electrons. The molecule has 8 fully saturated rings. The molecule has 0 saturated carbocycles. The van der Waals surface area contributed by atoms with E-state index in [0.29, 0.717) is 12.8 Å². The van der Waals surface area contributed by atoms with E-state index in [1.54, 1.807) is 6.08 Å². The highest BCUT2D eigenvalue weighted by Crippen LogP contribution is 2.40. The van der Waals surface area contributed by atoms with Gasteiger partial charge in [0.25, 0.3) is 0 Å². The number of hydrogen-bond acceptors (Lipinski definition) is 43. The van der Waals surface area contributed by atoms with Crippen molar-refractivity contribution in [1.29, 1.82) is 0 Å². The molecular formula is C98H174N4O43. The first-order valence-corrected chi connectivity index (χ1v) is 52.6. The molecule has 8 heterocycles. The SMILES string of the molecule is CCCCCCCC/C=C\CCCCCCCCCCCCCCCC(=O)N[C@@H](CO[C@@H]1OC(CO)[C@@H](O[C@@H]2OC(CO)[C@H](O)[C@H](O[C@@H]3OC(CO)[C@@H](O[C@@H]4OC(CO[C@@H]5OC(CO)[C@@H](O[C@@H]6OC(CO)[C@H](O)[C@H](O)C6O)[C@H](O)C5NC(C)=O)[C@H](O)[C@H](O[C@@H]5OC(CO)[C@@H](O[C@@H]6OC(CO)[C@H](O)[C@H](O)C6O)[C@H](O)C5NC(C)=O)C4O)[C@H](O)C3NC(C)=O)C2O)[C@H](O)C1O)[C@H](O)/C=C/CCCCCCCCCCCCC. The number of ether oxygens (including phenoxy) is 16. The van der Waals surface area contributed by atoms with Crippen molar-refractivity contribution in [2.24, 2.45) is 0 Å². The first-order chi connectivity index (χ1) is 69.6. The van der Waals surface area contributed by atoms with Crippen LogP contribution >= 0.6 is 0 Å². The van der Waals surface area contributed by atoms with Crippen molar-refractivity contribution < 1.29 is 212 Å². The van der Waals surface area contributed by atoms with Crippen LogP contribution in [0.2, 0.25) is 0 Å². The van der Waals surface area contributed by atoms with Crippen molar-refractivity contribution in [1.82, 2.24) is 21.3 Å². The molecule has 8 aliphatic rings. The lowest BCUT2D eigenvalue weighted by molar-refractivity contribution is -0.389. The summed E-state index contributed by atoms with van der Waals surface area (Å²) in [6, 6.07) is -6.85. The van der Waals surface area contributed by atoms with Gasteiger partial charge in [-0.3, -0.25) is 19.2 Å². The van der Waals surface area contributed by atoms with Gasteiger partial charge >= 0.3 is 0 Å². The standard InChI is InChI=1S/C98H174N4O43/c1-6-8-10-12-14-16-18-20-21-22-23-24-25-26-27-28-29-31-33-35-37-39-41-43-66(114)102-56(57(113)42-40-38-36-34-32-30-19-17-15-13-11-9-7-2)51-130-94-82(127)79(124)88(64(50-109)138-94)143-97-83(128)89(72(117)60(46-105)134-97)144-92-69(101-55(5)112)76(121)87(63(49-108)137-92)142-98-84(129)90(145-93-68(100-54(4)111)75(120)86(62(48-107)136-93)141-96-81(126)78(123)71(116)59(45-104)133-96)73(118)65(139-98)52-131-91-67(99-53(3)110)74(119)85(61(47-106)135-91)140-95-80(125)77(122)70(115)58(44-103)132-95/h20-21,40,42,56-65,67-98,103-109,113,115-129H,6-19,22-39,41,43-52H2,1-5H3,(H,99,110)(H,100,111)(H,101,112)(H,102,114)/b21-20-,42-40+/t56-,57+,58?,59?,60?,61?,62?,63?,64?,65?,67?,68?,69?,70-,71-,72-,73-,74+,75+,76+,77-,78-,79+,80?,81?,82?,83?,84?,85+,86+,87+,88+,89-,90-,91+,92-,93-,94+,95-,96-,97-,98-/m0/s1. The zero-order chi connectivity index (χ0) is 106. The molecule has 47 heteroatoms. The van der Waals surface area contributed by atoms with Crippen molar-refractivity contribution in [3.8, 4) is 0 Å². The molecule has 0 aromatic heterocycles. The predicted molar refractivity (Wildman–Crippen MR) is 507 cm³/mol. The number of carbonyl (C=O) groups is 4. The predicted octanol–water partition coefficient (Wildman–Crippen LogP) is -3.74. The highest BCUT2D eigenvalue weighted by atomic mass is 16.8. The second kappa shape index (κ2) is 66.8. The average Bonchev–Trinajstić information content (AvgIpc) is 0.740. The summed E-state index contributed by atoms with van der Waals surface area (Å²) in [6.07, 6.45) is -30.1. The monoisotopic (exact) mass is 2100 g/mol. The number of rotatable bonds is 66. The Kier molecular flexibility index (Phi) is 58.0. The lowest BCUT2D eigenvalue weighted by Crippen LogP contribution is -2.71. The Morgan fingerprint density at radius 1 is 0.276 bits per heavy atom. The van der Waals surface area contributed by atoms with E-state index < -0.39 is 335 Å². The lowest BCUT2D eigenvalue weighted by atomic mass is 9.93. The molecule has 0 spiro atoms. The topological polar surface area (TPSA) is 729 Å². The van der Waals surface area contributed by atoms with Crippen LogP contribution in [0.4, 0.5) is 0 Å². The summed E-state index contributed by atoms with van der Waals surface area (Å²) in [7, 11) is 0. The van der Waals surface area contributed by atoms with Gasteiger partial charge in [0.05, 0.1) is 71.6 Å². The maximum Gasteiger partial charge on any atom is 0.220 e. The van der Waals surface area contributed by atoms with Gasteiger partial charge in [0.15, 0.2) is 50.3 Å². The third-order valence-electron chi connectivity index (χ3n) is 28.0. The molecule has 8 saturated heterocycles. The molecule has 4 amide bonds. The molecule has 16 unspecified atom stereocenters. The van der Waals surface area contributed by atoms with Gasteiger partial charge in [-0.25, -0.2) is 0 Å². The number of aliphatic hydroxyl groups excluding tert-OH is 23. The van der Waals surface area contributed by atoms with E-state index >= 15 is 0 Å². The van der Waals surface area contributed by atoms with Crippen molar-refractivity contribution in [2.45, 2.75) is 511 Å². The number of amides is 4. The molecule has 844 valence electrons. The number of nitrogens with one attached hydrogen (secondary N) is 4. The molecule has 27 N–H and O–H groups in total. The molecule has 145 heavy (non-hydrogen) atoms. The Hall–Kier alpha value is -4.20. The van der Waals surface area contributed by atoms with Gasteiger partial charge < -0.3 is 215 Å². The Labute approximate surface area is 848 Å². The van der Waals surface area contributed by atoms with Crippen LogP contribution in [-0.2, 0) is 95.0 Å². The second-order valence-corrected chi connectivity index (χ2v) is 39.5. The van der Waals surface area contributed by atoms with E-state index in [0.717, 1.165) is 85.0 Å². The van der Waals surface area contributed by atoms with Crippen LogP contribution < -0.4 is 21.3 Å². The summed E-state index contributed by atoms with van der Waals surface area (Å²) < 4.78 is 95.9. The molecule has 0 aliphatic carbocycles.